The van der Waals surface area contributed by atoms with Gasteiger partial charge in [-0.1, -0.05) is 6.58 Å². The van der Waals surface area contributed by atoms with Crippen LogP contribution in [-0.2, 0) is 0 Å². The fourth-order valence-electron chi connectivity index (χ4n) is 4.37. The van der Waals surface area contributed by atoms with E-state index in [1.165, 1.54) is 23.1 Å². The number of allylic oxidation sites excluding steroid dienone is 1. The molecule has 3 aromatic rings. The Labute approximate surface area is 171 Å². The van der Waals surface area contributed by atoms with E-state index in [2.05, 4.69) is 32.2 Å². The summed E-state index contributed by atoms with van der Waals surface area (Å²) in [4.78, 5) is 4.32. The highest BCUT2D eigenvalue weighted by atomic mass is 19.1. The number of phenolic OH excluding ortho intramolecular Hbond substituents is 1. The van der Waals surface area contributed by atoms with Crippen LogP contribution in [0, 0.1) is 11.7 Å². The Morgan fingerprint density at radius 2 is 2.10 bits per heavy atom. The van der Waals surface area contributed by atoms with Crippen LogP contribution in [0.1, 0.15) is 25.1 Å². The largest absolute Gasteiger partial charge is 0.507 e. The van der Waals surface area contributed by atoms with Gasteiger partial charge in [-0.3, -0.25) is 0 Å². The Morgan fingerprint density at radius 3 is 2.80 bits per heavy atom. The Hall–Kier alpha value is -3.20. The minimum atomic E-state index is -1.01. The van der Waals surface area contributed by atoms with E-state index in [9.17, 15) is 13.9 Å². The van der Waals surface area contributed by atoms with Crippen molar-refractivity contribution in [2.45, 2.75) is 37.5 Å². The molecule has 2 aromatic heterocycles. The lowest BCUT2D eigenvalue weighted by molar-refractivity contribution is 0.167. The van der Waals surface area contributed by atoms with Gasteiger partial charge in [-0.25, -0.2) is 18.4 Å². The van der Waals surface area contributed by atoms with Crippen LogP contribution >= 0.6 is 0 Å². The van der Waals surface area contributed by atoms with Gasteiger partial charge in [0.1, 0.15) is 17.6 Å². The van der Waals surface area contributed by atoms with E-state index in [1.54, 1.807) is 12.1 Å². The number of piperidine rings is 1. The Morgan fingerprint density at radius 1 is 1.23 bits per heavy atom. The predicted octanol–water partition coefficient (Wildman–Crippen LogP) is 3.06. The molecule has 30 heavy (non-hydrogen) atoms. The standard InChI is InChI=1S/C21H20F2N6O/c1-11(16-6-13-2-5-17(26-13)20(16)23)21-24-9-18(27-28-21)15-4-3-14(7-19(15)30)29-10-12(22)8-25-29/h3-4,7-10,13,16-17,20,26,30H,1-2,5-6H2/t13-,16+,17+,20-/m0/s1. The van der Waals surface area contributed by atoms with Crippen LogP contribution in [0.25, 0.3) is 22.5 Å². The van der Waals surface area contributed by atoms with Gasteiger partial charge in [0.15, 0.2) is 11.6 Å². The van der Waals surface area contributed by atoms with Crippen LogP contribution < -0.4 is 5.32 Å². The van der Waals surface area contributed by atoms with Crippen molar-refractivity contribution in [3.05, 3.63) is 55.0 Å². The number of nitrogens with zero attached hydrogens (tertiary/aromatic N) is 5. The SMILES string of the molecule is C=C(c1ncc(-c2ccc(-n3cc(F)cn3)cc2O)nn1)[C@H]1C[C@@H]2CC[C@@H](N2)[C@H]1F. The minimum absolute atomic E-state index is 0.0650. The minimum Gasteiger partial charge on any atom is -0.507 e. The highest BCUT2D eigenvalue weighted by molar-refractivity contribution is 5.68. The molecular formula is C21H20F2N6O. The van der Waals surface area contributed by atoms with Crippen molar-refractivity contribution >= 4 is 5.57 Å². The highest BCUT2D eigenvalue weighted by Gasteiger charge is 2.43. The molecule has 2 bridgehead atoms. The highest BCUT2D eigenvalue weighted by Crippen LogP contribution is 2.39. The normalized spacial score (nSPS) is 25.4. The molecular weight excluding hydrogens is 390 g/mol. The average molecular weight is 410 g/mol. The second-order valence-electron chi connectivity index (χ2n) is 7.83. The number of hydrogen-bond acceptors (Lipinski definition) is 6. The van der Waals surface area contributed by atoms with E-state index >= 15 is 0 Å². The van der Waals surface area contributed by atoms with Crippen LogP contribution in [0.4, 0.5) is 8.78 Å². The lowest BCUT2D eigenvalue weighted by atomic mass is 9.84. The van der Waals surface area contributed by atoms with E-state index in [1.807, 2.05) is 0 Å². The van der Waals surface area contributed by atoms with E-state index in [0.29, 0.717) is 40.8 Å². The molecule has 2 N–H and O–H groups in total. The van der Waals surface area contributed by atoms with Gasteiger partial charge in [-0.05, 0) is 37.0 Å². The van der Waals surface area contributed by atoms with Crippen LogP contribution in [0.15, 0.2) is 43.4 Å². The molecule has 0 spiro atoms. The molecule has 2 aliphatic heterocycles. The first-order valence-electron chi connectivity index (χ1n) is 9.82. The molecule has 0 aliphatic carbocycles. The summed E-state index contributed by atoms with van der Waals surface area (Å²) in [7, 11) is 0. The zero-order valence-electron chi connectivity index (χ0n) is 16.0. The van der Waals surface area contributed by atoms with Crippen LogP contribution in [0.2, 0.25) is 0 Å². The summed E-state index contributed by atoms with van der Waals surface area (Å²) in [5.41, 5.74) is 1.84. The number of fused-ring (bicyclic) bond motifs is 2. The van der Waals surface area contributed by atoms with Gasteiger partial charge in [-0.15, -0.1) is 10.2 Å². The predicted molar refractivity (Wildman–Crippen MR) is 106 cm³/mol. The second kappa shape index (κ2) is 7.24. The first-order valence-corrected chi connectivity index (χ1v) is 9.82. The third-order valence-corrected chi connectivity index (χ3v) is 5.95. The van der Waals surface area contributed by atoms with Crippen molar-refractivity contribution in [1.29, 1.82) is 0 Å². The number of alkyl halides is 1. The smallest absolute Gasteiger partial charge is 0.177 e. The molecule has 4 heterocycles. The van der Waals surface area contributed by atoms with Crippen LogP contribution in [0.5, 0.6) is 5.75 Å². The Kier molecular flexibility index (Phi) is 4.54. The molecule has 9 heteroatoms. The summed E-state index contributed by atoms with van der Waals surface area (Å²) >= 11 is 0. The summed E-state index contributed by atoms with van der Waals surface area (Å²) in [6, 6.07) is 4.95. The maximum Gasteiger partial charge on any atom is 0.177 e. The van der Waals surface area contributed by atoms with Crippen molar-refractivity contribution in [1.82, 2.24) is 30.3 Å². The maximum atomic E-state index is 14.8. The number of hydrogen-bond donors (Lipinski definition) is 2. The van der Waals surface area contributed by atoms with Gasteiger partial charge in [-0.2, -0.15) is 5.10 Å². The zero-order valence-corrected chi connectivity index (χ0v) is 16.0. The topological polar surface area (TPSA) is 88.8 Å². The lowest BCUT2D eigenvalue weighted by Gasteiger charge is -2.33. The summed E-state index contributed by atoms with van der Waals surface area (Å²) in [6.45, 7) is 4.04. The van der Waals surface area contributed by atoms with E-state index in [-0.39, 0.29) is 17.7 Å². The van der Waals surface area contributed by atoms with Gasteiger partial charge in [0, 0.05) is 29.6 Å². The molecule has 4 atom stereocenters. The third kappa shape index (κ3) is 3.24. The molecule has 0 radical (unpaired) electrons. The molecule has 154 valence electrons. The van der Waals surface area contributed by atoms with E-state index < -0.39 is 12.0 Å². The summed E-state index contributed by atoms with van der Waals surface area (Å²) in [6.07, 6.45) is 5.27. The monoisotopic (exact) mass is 410 g/mol. The number of aromatic nitrogens is 5. The molecule has 0 saturated carbocycles. The summed E-state index contributed by atoms with van der Waals surface area (Å²) in [5.74, 6) is -0.541. The molecule has 5 rings (SSSR count). The Balaban J connectivity index is 1.36. The zero-order chi connectivity index (χ0) is 20.8. The Bertz CT molecular complexity index is 1100. The summed E-state index contributed by atoms with van der Waals surface area (Å²) in [5, 5.41) is 25.9. The molecule has 2 aliphatic rings. The fourth-order valence-corrected chi connectivity index (χ4v) is 4.37. The van der Waals surface area contributed by atoms with Crippen molar-refractivity contribution in [3.63, 3.8) is 0 Å². The van der Waals surface area contributed by atoms with Gasteiger partial charge in [0.25, 0.3) is 0 Å². The number of benzene rings is 1. The lowest BCUT2D eigenvalue weighted by Crippen LogP contribution is -2.47. The fraction of sp³-hybridized carbons (Fsp3) is 0.333. The number of rotatable bonds is 4. The number of phenols is 1. The van der Waals surface area contributed by atoms with Crippen molar-refractivity contribution in [3.8, 4) is 22.7 Å². The number of halogens is 2. The molecule has 0 amide bonds. The van der Waals surface area contributed by atoms with Gasteiger partial charge >= 0.3 is 0 Å². The summed E-state index contributed by atoms with van der Waals surface area (Å²) < 4.78 is 29.3. The maximum absolute atomic E-state index is 14.8. The number of nitrogens with one attached hydrogen (secondary N) is 1. The molecule has 0 unspecified atom stereocenters. The molecule has 2 fully saturated rings. The first-order chi connectivity index (χ1) is 14.5. The molecule has 7 nitrogen and oxygen atoms in total. The third-order valence-electron chi connectivity index (χ3n) is 5.95. The van der Waals surface area contributed by atoms with Crippen molar-refractivity contribution < 1.29 is 13.9 Å². The van der Waals surface area contributed by atoms with Crippen LogP contribution in [-0.4, -0.2) is 48.3 Å². The van der Waals surface area contributed by atoms with Crippen molar-refractivity contribution in [2.24, 2.45) is 5.92 Å². The molecule has 1 aromatic carbocycles. The first kappa shape index (κ1) is 18.8. The average Bonchev–Trinajstić information content (AvgIpc) is 3.37. The number of aromatic hydroxyl groups is 1. The van der Waals surface area contributed by atoms with E-state index in [4.69, 9.17) is 0 Å². The van der Waals surface area contributed by atoms with Gasteiger partial charge in [0.2, 0.25) is 0 Å². The van der Waals surface area contributed by atoms with Crippen molar-refractivity contribution in [2.75, 3.05) is 0 Å². The van der Waals surface area contributed by atoms with Crippen LogP contribution in [0.3, 0.4) is 0 Å². The van der Waals surface area contributed by atoms with E-state index in [0.717, 1.165) is 19.0 Å². The molecule has 2 saturated heterocycles. The van der Waals surface area contributed by atoms with Gasteiger partial charge < -0.3 is 10.4 Å². The quantitative estimate of drug-likeness (QED) is 0.687. The van der Waals surface area contributed by atoms with Gasteiger partial charge in [0.05, 0.1) is 24.3 Å². The second-order valence-corrected chi connectivity index (χ2v) is 7.83.